The number of benzene rings is 2. The van der Waals surface area contributed by atoms with E-state index in [4.69, 9.17) is 4.74 Å². The Kier molecular flexibility index (Phi) is 4.69. The summed E-state index contributed by atoms with van der Waals surface area (Å²) in [5.74, 6) is -0.322. The molecule has 0 aliphatic rings. The van der Waals surface area contributed by atoms with Crippen molar-refractivity contribution in [3.63, 3.8) is 0 Å². The van der Waals surface area contributed by atoms with Gasteiger partial charge in [0.15, 0.2) is 0 Å². The number of hydrogen-bond acceptors (Lipinski definition) is 4. The summed E-state index contributed by atoms with van der Waals surface area (Å²) < 4.78 is 8.00. The number of esters is 1. The van der Waals surface area contributed by atoms with Crippen molar-refractivity contribution in [3.05, 3.63) is 59.2 Å². The molecule has 0 aliphatic heterocycles. The first-order valence-electron chi connectivity index (χ1n) is 6.28. The molecule has 20 heavy (non-hydrogen) atoms. The molecule has 0 atom stereocenters. The Labute approximate surface area is 123 Å². The lowest BCUT2D eigenvalue weighted by molar-refractivity contribution is 0.0600. The summed E-state index contributed by atoms with van der Waals surface area (Å²) >= 11 is 1.52. The minimum atomic E-state index is -0.322. The summed E-state index contributed by atoms with van der Waals surface area (Å²) in [6, 6.07) is 13.9. The van der Waals surface area contributed by atoms with Crippen LogP contribution in [-0.2, 0) is 4.74 Å². The molecular weight excluding hydrogens is 270 g/mol. The number of carbonyl (C=O) groups excluding carboxylic acids is 1. The zero-order chi connectivity index (χ0) is 14.5. The monoisotopic (exact) mass is 287 g/mol. The van der Waals surface area contributed by atoms with Gasteiger partial charge in [0.25, 0.3) is 0 Å². The van der Waals surface area contributed by atoms with Gasteiger partial charge in [-0.15, -0.1) is 0 Å². The van der Waals surface area contributed by atoms with Crippen LogP contribution in [0.1, 0.15) is 21.5 Å². The predicted molar refractivity (Wildman–Crippen MR) is 83.2 cm³/mol. The second-order valence-corrected chi connectivity index (χ2v) is 5.48. The molecular formula is C16H17NO2S. The Morgan fingerprint density at radius 1 is 1.05 bits per heavy atom. The van der Waals surface area contributed by atoms with E-state index in [0.29, 0.717) is 5.56 Å². The fourth-order valence-electron chi connectivity index (χ4n) is 1.80. The molecule has 4 heteroatoms. The van der Waals surface area contributed by atoms with Crippen molar-refractivity contribution >= 4 is 23.6 Å². The van der Waals surface area contributed by atoms with Gasteiger partial charge >= 0.3 is 5.97 Å². The van der Waals surface area contributed by atoms with Crippen LogP contribution in [0.2, 0.25) is 0 Å². The van der Waals surface area contributed by atoms with Crippen LogP contribution in [0.5, 0.6) is 0 Å². The average Bonchev–Trinajstić information content (AvgIpc) is 2.45. The van der Waals surface area contributed by atoms with E-state index in [9.17, 15) is 4.79 Å². The lowest BCUT2D eigenvalue weighted by Crippen LogP contribution is -2.02. The maximum atomic E-state index is 11.6. The molecule has 2 aromatic carbocycles. The van der Waals surface area contributed by atoms with Crippen LogP contribution in [0.25, 0.3) is 0 Å². The SMILES string of the molecule is COC(=O)c1cc(C)cc(NSc2ccc(C)cc2)c1. The van der Waals surface area contributed by atoms with Crippen molar-refractivity contribution in [1.29, 1.82) is 0 Å². The number of ether oxygens (including phenoxy) is 1. The molecule has 0 aromatic heterocycles. The zero-order valence-electron chi connectivity index (χ0n) is 11.8. The van der Waals surface area contributed by atoms with Crippen LogP contribution in [0.3, 0.4) is 0 Å². The van der Waals surface area contributed by atoms with E-state index in [1.165, 1.54) is 24.6 Å². The zero-order valence-corrected chi connectivity index (χ0v) is 12.6. The van der Waals surface area contributed by atoms with Crippen molar-refractivity contribution in [3.8, 4) is 0 Å². The van der Waals surface area contributed by atoms with Gasteiger partial charge in [-0.1, -0.05) is 17.7 Å². The van der Waals surface area contributed by atoms with Crippen LogP contribution < -0.4 is 4.72 Å². The molecule has 104 valence electrons. The van der Waals surface area contributed by atoms with E-state index >= 15 is 0 Å². The fraction of sp³-hybridized carbons (Fsp3) is 0.188. The average molecular weight is 287 g/mol. The number of anilines is 1. The van der Waals surface area contributed by atoms with E-state index in [0.717, 1.165) is 16.1 Å². The quantitative estimate of drug-likeness (QED) is 0.675. The van der Waals surface area contributed by atoms with E-state index in [-0.39, 0.29) is 5.97 Å². The van der Waals surface area contributed by atoms with Gasteiger partial charge in [0, 0.05) is 10.6 Å². The number of aryl methyl sites for hydroxylation is 2. The van der Waals surface area contributed by atoms with E-state index in [1.54, 1.807) is 6.07 Å². The Morgan fingerprint density at radius 3 is 2.40 bits per heavy atom. The summed E-state index contributed by atoms with van der Waals surface area (Å²) in [6.07, 6.45) is 0. The maximum absolute atomic E-state index is 11.6. The third-order valence-electron chi connectivity index (χ3n) is 2.81. The highest BCUT2D eigenvalue weighted by molar-refractivity contribution is 8.00. The van der Waals surface area contributed by atoms with Crippen LogP contribution >= 0.6 is 11.9 Å². The van der Waals surface area contributed by atoms with Crippen LogP contribution in [0, 0.1) is 13.8 Å². The Morgan fingerprint density at radius 2 is 1.75 bits per heavy atom. The molecule has 0 spiro atoms. The van der Waals surface area contributed by atoms with Crippen molar-refractivity contribution in [1.82, 2.24) is 0 Å². The largest absolute Gasteiger partial charge is 0.465 e. The summed E-state index contributed by atoms with van der Waals surface area (Å²) in [6.45, 7) is 4.01. The van der Waals surface area contributed by atoms with Crippen LogP contribution in [0.15, 0.2) is 47.4 Å². The number of hydrogen-bond donors (Lipinski definition) is 1. The molecule has 0 bridgehead atoms. The van der Waals surface area contributed by atoms with Crippen LogP contribution in [-0.4, -0.2) is 13.1 Å². The first-order valence-corrected chi connectivity index (χ1v) is 7.09. The van der Waals surface area contributed by atoms with Crippen molar-refractivity contribution < 1.29 is 9.53 Å². The molecule has 2 rings (SSSR count). The highest BCUT2D eigenvalue weighted by atomic mass is 32.2. The van der Waals surface area contributed by atoms with Crippen molar-refractivity contribution in [2.24, 2.45) is 0 Å². The highest BCUT2D eigenvalue weighted by Crippen LogP contribution is 2.23. The van der Waals surface area contributed by atoms with Gasteiger partial charge in [-0.2, -0.15) is 0 Å². The highest BCUT2D eigenvalue weighted by Gasteiger charge is 2.07. The minimum Gasteiger partial charge on any atom is -0.465 e. The normalized spacial score (nSPS) is 10.2. The molecule has 0 amide bonds. The number of carbonyl (C=O) groups is 1. The van der Waals surface area contributed by atoms with Crippen molar-refractivity contribution in [2.75, 3.05) is 11.8 Å². The Balaban J connectivity index is 2.11. The molecule has 0 fully saturated rings. The second-order valence-electron chi connectivity index (χ2n) is 4.60. The molecule has 0 saturated carbocycles. The van der Waals surface area contributed by atoms with Gasteiger partial charge < -0.3 is 9.46 Å². The number of nitrogens with one attached hydrogen (secondary N) is 1. The smallest absolute Gasteiger partial charge is 0.337 e. The topological polar surface area (TPSA) is 38.3 Å². The number of methoxy groups -OCH3 is 1. The predicted octanol–water partition coefficient (Wildman–Crippen LogP) is 4.21. The Hall–Kier alpha value is -1.94. The lowest BCUT2D eigenvalue weighted by atomic mass is 10.1. The molecule has 3 nitrogen and oxygen atoms in total. The van der Waals surface area contributed by atoms with Gasteiger partial charge in [-0.05, 0) is 61.7 Å². The van der Waals surface area contributed by atoms with Gasteiger partial charge in [0.2, 0.25) is 0 Å². The van der Waals surface area contributed by atoms with Crippen molar-refractivity contribution in [2.45, 2.75) is 18.7 Å². The molecule has 2 aromatic rings. The lowest BCUT2D eigenvalue weighted by Gasteiger charge is -2.09. The van der Waals surface area contributed by atoms with Gasteiger partial charge in [-0.3, -0.25) is 0 Å². The van der Waals surface area contributed by atoms with E-state index in [2.05, 4.69) is 35.9 Å². The third kappa shape index (κ3) is 3.78. The molecule has 0 aliphatic carbocycles. The summed E-state index contributed by atoms with van der Waals surface area (Å²) in [5.41, 5.74) is 3.69. The Bertz CT molecular complexity index is 608. The summed E-state index contributed by atoms with van der Waals surface area (Å²) in [5, 5.41) is 0. The molecule has 0 unspecified atom stereocenters. The first-order chi connectivity index (χ1) is 9.58. The first kappa shape index (κ1) is 14.5. The van der Waals surface area contributed by atoms with Gasteiger partial charge in [0.05, 0.1) is 12.7 Å². The maximum Gasteiger partial charge on any atom is 0.337 e. The van der Waals surface area contributed by atoms with Crippen LogP contribution in [0.4, 0.5) is 5.69 Å². The molecule has 1 N–H and O–H groups in total. The van der Waals surface area contributed by atoms with Gasteiger partial charge in [0.1, 0.15) is 0 Å². The summed E-state index contributed by atoms with van der Waals surface area (Å²) in [7, 11) is 1.39. The standard InChI is InChI=1S/C16H17NO2S/c1-11-4-6-15(7-5-11)20-17-14-9-12(2)8-13(10-14)16(18)19-3/h4-10,17H,1-3H3. The fourth-order valence-corrected chi connectivity index (χ4v) is 2.43. The molecule has 0 saturated heterocycles. The van der Waals surface area contributed by atoms with E-state index in [1.807, 2.05) is 19.1 Å². The van der Waals surface area contributed by atoms with E-state index < -0.39 is 0 Å². The summed E-state index contributed by atoms with van der Waals surface area (Å²) in [4.78, 5) is 12.7. The van der Waals surface area contributed by atoms with Gasteiger partial charge in [-0.25, -0.2) is 4.79 Å². The molecule has 0 radical (unpaired) electrons. The second kappa shape index (κ2) is 6.48. The third-order valence-corrected chi connectivity index (χ3v) is 3.65. The molecule has 0 heterocycles. The minimum absolute atomic E-state index is 0.322. The number of rotatable bonds is 4.